The van der Waals surface area contributed by atoms with Gasteiger partial charge in [0.05, 0.1) is 0 Å². The first-order valence-corrected chi connectivity index (χ1v) is 8.63. The summed E-state index contributed by atoms with van der Waals surface area (Å²) >= 11 is 0. The molecule has 0 fully saturated rings. The van der Waals surface area contributed by atoms with Crippen LogP contribution in [0, 0.1) is 11.8 Å². The summed E-state index contributed by atoms with van der Waals surface area (Å²) in [6.45, 7) is 23.2. The van der Waals surface area contributed by atoms with E-state index in [0.717, 1.165) is 18.5 Å². The first-order valence-electron chi connectivity index (χ1n) is 8.63. The predicted molar refractivity (Wildman–Crippen MR) is 92.3 cm³/mol. The highest BCUT2D eigenvalue weighted by Gasteiger charge is 2.26. The third-order valence-corrected chi connectivity index (χ3v) is 4.29. The van der Waals surface area contributed by atoms with Gasteiger partial charge in [0.2, 0.25) is 0 Å². The molecule has 2 unspecified atom stereocenters. The molecule has 0 amide bonds. The molecule has 0 aliphatic rings. The lowest BCUT2D eigenvalue weighted by molar-refractivity contribution is 0.0846. The highest BCUT2D eigenvalue weighted by Crippen LogP contribution is 2.20. The van der Waals surface area contributed by atoms with Crippen LogP contribution < -0.4 is 5.32 Å². The van der Waals surface area contributed by atoms with Crippen LogP contribution in [0.4, 0.5) is 0 Å². The summed E-state index contributed by atoms with van der Waals surface area (Å²) in [7, 11) is 0. The fourth-order valence-electron chi connectivity index (χ4n) is 2.79. The quantitative estimate of drug-likeness (QED) is 0.668. The molecule has 122 valence electrons. The molecule has 2 nitrogen and oxygen atoms in total. The van der Waals surface area contributed by atoms with Crippen molar-refractivity contribution in [1.82, 2.24) is 10.2 Å². The van der Waals surface area contributed by atoms with E-state index in [2.05, 4.69) is 72.5 Å². The van der Waals surface area contributed by atoms with Gasteiger partial charge in [-0.15, -0.1) is 0 Å². The van der Waals surface area contributed by atoms with E-state index in [4.69, 9.17) is 0 Å². The van der Waals surface area contributed by atoms with Crippen molar-refractivity contribution < 1.29 is 0 Å². The summed E-state index contributed by atoms with van der Waals surface area (Å²) in [5, 5.41) is 3.66. The lowest BCUT2D eigenvalue weighted by Gasteiger charge is -2.40. The number of nitrogens with one attached hydrogen (secondary N) is 1. The topological polar surface area (TPSA) is 15.3 Å². The van der Waals surface area contributed by atoms with Crippen molar-refractivity contribution in [1.29, 1.82) is 0 Å². The Labute approximate surface area is 128 Å². The Balaban J connectivity index is 4.70. The second-order valence-electron chi connectivity index (χ2n) is 7.91. The van der Waals surface area contributed by atoms with Gasteiger partial charge in [0.15, 0.2) is 0 Å². The van der Waals surface area contributed by atoms with Crippen molar-refractivity contribution in [2.45, 2.75) is 92.8 Å². The highest BCUT2D eigenvalue weighted by atomic mass is 15.2. The van der Waals surface area contributed by atoms with Gasteiger partial charge in [-0.3, -0.25) is 4.90 Å². The second kappa shape index (κ2) is 9.04. The van der Waals surface area contributed by atoms with Crippen molar-refractivity contribution in [2.75, 3.05) is 13.1 Å². The molecule has 0 aromatic carbocycles. The fraction of sp³-hybridized carbons (Fsp3) is 1.00. The van der Waals surface area contributed by atoms with Crippen LogP contribution in [-0.2, 0) is 0 Å². The normalized spacial score (nSPS) is 16.2. The number of hydrogen-bond acceptors (Lipinski definition) is 2. The molecular weight excluding hydrogens is 244 g/mol. The predicted octanol–water partition coefficient (Wildman–Crippen LogP) is 4.55. The Morgan fingerprint density at radius 2 is 1.45 bits per heavy atom. The molecule has 0 spiro atoms. The second-order valence-corrected chi connectivity index (χ2v) is 7.91. The molecule has 2 atom stereocenters. The van der Waals surface area contributed by atoms with E-state index < -0.39 is 0 Å². The average molecular weight is 285 g/mol. The minimum absolute atomic E-state index is 0.214. The lowest BCUT2D eigenvalue weighted by Crippen LogP contribution is -2.49. The zero-order chi connectivity index (χ0) is 15.9. The Morgan fingerprint density at radius 3 is 1.80 bits per heavy atom. The Morgan fingerprint density at radius 1 is 0.950 bits per heavy atom. The highest BCUT2D eigenvalue weighted by molar-refractivity contribution is 4.82. The molecule has 0 bridgehead atoms. The molecule has 0 aromatic rings. The van der Waals surface area contributed by atoms with E-state index in [0.29, 0.717) is 12.0 Å². The summed E-state index contributed by atoms with van der Waals surface area (Å²) in [5.41, 5.74) is 0.214. The number of hydrogen-bond donors (Lipinski definition) is 1. The molecule has 0 heterocycles. The van der Waals surface area contributed by atoms with E-state index >= 15 is 0 Å². The number of rotatable bonds is 9. The van der Waals surface area contributed by atoms with Crippen LogP contribution in [0.1, 0.15) is 75.2 Å². The Bertz CT molecular complexity index is 238. The summed E-state index contributed by atoms with van der Waals surface area (Å²) in [5.74, 6) is 1.41. The van der Waals surface area contributed by atoms with Crippen molar-refractivity contribution in [3.63, 3.8) is 0 Å². The number of nitrogens with zero attached hydrogens (tertiary/aromatic N) is 1. The van der Waals surface area contributed by atoms with Gasteiger partial charge in [-0.1, -0.05) is 34.6 Å². The Kier molecular flexibility index (Phi) is 9.01. The van der Waals surface area contributed by atoms with Gasteiger partial charge >= 0.3 is 0 Å². The zero-order valence-corrected chi connectivity index (χ0v) is 15.6. The van der Waals surface area contributed by atoms with Crippen LogP contribution in [0.5, 0.6) is 0 Å². The third kappa shape index (κ3) is 7.64. The van der Waals surface area contributed by atoms with Gasteiger partial charge in [0, 0.05) is 24.2 Å². The van der Waals surface area contributed by atoms with Crippen molar-refractivity contribution in [3.05, 3.63) is 0 Å². The minimum Gasteiger partial charge on any atom is -0.312 e. The van der Waals surface area contributed by atoms with Crippen molar-refractivity contribution in [3.8, 4) is 0 Å². The third-order valence-electron chi connectivity index (χ3n) is 4.29. The summed E-state index contributed by atoms with van der Waals surface area (Å²) in [4.78, 5) is 2.75. The maximum Gasteiger partial charge on any atom is 0.0108 e. The molecule has 0 aliphatic heterocycles. The lowest BCUT2D eigenvalue weighted by atomic mass is 9.96. The molecule has 0 saturated carbocycles. The van der Waals surface area contributed by atoms with Crippen LogP contribution in [-0.4, -0.2) is 35.6 Å². The van der Waals surface area contributed by atoms with Gasteiger partial charge in [-0.2, -0.15) is 0 Å². The molecule has 0 aromatic heterocycles. The van der Waals surface area contributed by atoms with E-state index in [9.17, 15) is 0 Å². The molecule has 1 N–H and O–H groups in total. The van der Waals surface area contributed by atoms with E-state index in [1.807, 2.05) is 0 Å². The molecule has 20 heavy (non-hydrogen) atoms. The maximum atomic E-state index is 3.66. The standard InChI is InChI=1S/C18H40N2/c1-10-17(11-2)20(13-14(3)4)16(6)15(5)12-19-18(7,8)9/h14-17,19H,10-13H2,1-9H3. The van der Waals surface area contributed by atoms with Gasteiger partial charge in [-0.05, 0) is 58.9 Å². The SMILES string of the molecule is CCC(CC)N(CC(C)C)C(C)C(C)CNC(C)(C)C. The van der Waals surface area contributed by atoms with Crippen LogP contribution in [0.25, 0.3) is 0 Å². The summed E-state index contributed by atoms with van der Waals surface area (Å²) < 4.78 is 0. The van der Waals surface area contributed by atoms with Crippen molar-refractivity contribution in [2.24, 2.45) is 11.8 Å². The molecule has 0 radical (unpaired) electrons. The van der Waals surface area contributed by atoms with Gasteiger partial charge in [-0.25, -0.2) is 0 Å². The van der Waals surface area contributed by atoms with Crippen LogP contribution in [0.15, 0.2) is 0 Å². The largest absolute Gasteiger partial charge is 0.312 e. The average Bonchev–Trinajstić information content (AvgIpc) is 2.34. The molecule has 0 rings (SSSR count). The first kappa shape index (κ1) is 19.9. The van der Waals surface area contributed by atoms with Crippen LogP contribution in [0.2, 0.25) is 0 Å². The minimum atomic E-state index is 0.214. The van der Waals surface area contributed by atoms with Gasteiger partial charge < -0.3 is 5.32 Å². The first-order chi connectivity index (χ1) is 9.12. The molecule has 2 heteroatoms. The van der Waals surface area contributed by atoms with E-state index in [1.54, 1.807) is 0 Å². The van der Waals surface area contributed by atoms with Gasteiger partial charge in [0.1, 0.15) is 0 Å². The summed E-state index contributed by atoms with van der Waals surface area (Å²) in [6, 6.07) is 1.36. The Hall–Kier alpha value is -0.0800. The van der Waals surface area contributed by atoms with E-state index in [1.165, 1.54) is 19.4 Å². The smallest absolute Gasteiger partial charge is 0.0108 e. The fourth-order valence-corrected chi connectivity index (χ4v) is 2.79. The monoisotopic (exact) mass is 284 g/mol. The van der Waals surface area contributed by atoms with Crippen molar-refractivity contribution >= 4 is 0 Å². The zero-order valence-electron chi connectivity index (χ0n) is 15.6. The van der Waals surface area contributed by atoms with Crippen LogP contribution in [0.3, 0.4) is 0 Å². The van der Waals surface area contributed by atoms with Gasteiger partial charge in [0.25, 0.3) is 0 Å². The van der Waals surface area contributed by atoms with Crippen LogP contribution >= 0.6 is 0 Å². The maximum absolute atomic E-state index is 3.66. The molecular formula is C18H40N2. The summed E-state index contributed by atoms with van der Waals surface area (Å²) in [6.07, 6.45) is 2.51. The van der Waals surface area contributed by atoms with E-state index in [-0.39, 0.29) is 5.54 Å². The molecule has 0 saturated heterocycles. The molecule has 0 aliphatic carbocycles.